The van der Waals surface area contributed by atoms with Crippen molar-refractivity contribution in [3.8, 4) is 0 Å². The quantitative estimate of drug-likeness (QED) is 0.721. The van der Waals surface area contributed by atoms with Gasteiger partial charge in [0.15, 0.2) is 5.69 Å². The summed E-state index contributed by atoms with van der Waals surface area (Å²) < 4.78 is 24.7. The molecule has 2 heterocycles. The number of halogens is 1. The summed E-state index contributed by atoms with van der Waals surface area (Å²) >= 11 is 0. The Morgan fingerprint density at radius 1 is 1.81 bits per heavy atom. The van der Waals surface area contributed by atoms with Crippen molar-refractivity contribution in [1.29, 1.82) is 0 Å². The van der Waals surface area contributed by atoms with Gasteiger partial charge in [-0.25, -0.2) is 9.78 Å². The highest BCUT2D eigenvalue weighted by atomic mass is 19.1. The van der Waals surface area contributed by atoms with Crippen LogP contribution in [-0.4, -0.2) is 34.8 Å². The molecule has 5 nitrogen and oxygen atoms in total. The fourth-order valence-corrected chi connectivity index (χ4v) is 1.55. The van der Waals surface area contributed by atoms with Crippen molar-refractivity contribution in [3.63, 3.8) is 0 Å². The van der Waals surface area contributed by atoms with E-state index < -0.39 is 11.9 Å². The van der Waals surface area contributed by atoms with Crippen molar-refractivity contribution in [2.45, 2.75) is 26.0 Å². The number of ether oxygens (including phenoxy) is 2. The standard InChI is InChI=1S/C10H13FN2O3/c1-2-15-10(14)8-9(11)12-6-13(8)5-7-3-4-16-7/h6-7H,2-5H2,1H3/t7-/m0/s1. The van der Waals surface area contributed by atoms with Crippen LogP contribution in [0.3, 0.4) is 0 Å². The van der Waals surface area contributed by atoms with Crippen LogP contribution in [0.2, 0.25) is 0 Å². The Labute approximate surface area is 92.2 Å². The van der Waals surface area contributed by atoms with Gasteiger partial charge in [-0.1, -0.05) is 0 Å². The summed E-state index contributed by atoms with van der Waals surface area (Å²) in [7, 11) is 0. The van der Waals surface area contributed by atoms with E-state index in [1.165, 1.54) is 10.9 Å². The van der Waals surface area contributed by atoms with Gasteiger partial charge in [-0.2, -0.15) is 4.39 Å². The third-order valence-corrected chi connectivity index (χ3v) is 2.46. The smallest absolute Gasteiger partial charge is 0.359 e. The number of rotatable bonds is 4. The highest BCUT2D eigenvalue weighted by Crippen LogP contribution is 2.16. The van der Waals surface area contributed by atoms with Crippen LogP contribution in [0.25, 0.3) is 0 Å². The van der Waals surface area contributed by atoms with Crippen molar-refractivity contribution in [3.05, 3.63) is 18.0 Å². The van der Waals surface area contributed by atoms with E-state index in [2.05, 4.69) is 4.98 Å². The number of hydrogen-bond donors (Lipinski definition) is 0. The van der Waals surface area contributed by atoms with Gasteiger partial charge in [0.25, 0.3) is 0 Å². The van der Waals surface area contributed by atoms with Gasteiger partial charge >= 0.3 is 5.97 Å². The van der Waals surface area contributed by atoms with E-state index in [1.54, 1.807) is 6.92 Å². The minimum Gasteiger partial charge on any atom is -0.461 e. The summed E-state index contributed by atoms with van der Waals surface area (Å²) in [6.45, 7) is 3.04. The van der Waals surface area contributed by atoms with Crippen LogP contribution in [0.1, 0.15) is 23.8 Å². The van der Waals surface area contributed by atoms with E-state index in [0.29, 0.717) is 6.54 Å². The van der Waals surface area contributed by atoms with E-state index in [1.807, 2.05) is 0 Å². The lowest BCUT2D eigenvalue weighted by Gasteiger charge is -2.26. The molecule has 0 spiro atoms. The van der Waals surface area contributed by atoms with Crippen LogP contribution in [0, 0.1) is 5.95 Å². The average Bonchev–Trinajstić information content (AvgIpc) is 2.54. The molecule has 1 atom stereocenters. The molecule has 1 aromatic rings. The number of carbonyl (C=O) groups excluding carboxylic acids is 1. The number of imidazole rings is 1. The summed E-state index contributed by atoms with van der Waals surface area (Å²) in [6, 6.07) is 0. The van der Waals surface area contributed by atoms with Crippen LogP contribution in [0.15, 0.2) is 6.33 Å². The van der Waals surface area contributed by atoms with Gasteiger partial charge in [-0.05, 0) is 13.3 Å². The zero-order chi connectivity index (χ0) is 11.5. The third-order valence-electron chi connectivity index (χ3n) is 2.46. The predicted molar refractivity (Wildman–Crippen MR) is 52.5 cm³/mol. The van der Waals surface area contributed by atoms with E-state index in [4.69, 9.17) is 9.47 Å². The van der Waals surface area contributed by atoms with Gasteiger partial charge < -0.3 is 14.0 Å². The van der Waals surface area contributed by atoms with E-state index in [9.17, 15) is 9.18 Å². The zero-order valence-corrected chi connectivity index (χ0v) is 8.98. The Morgan fingerprint density at radius 3 is 3.12 bits per heavy atom. The molecule has 0 aromatic carbocycles. The van der Waals surface area contributed by atoms with Gasteiger partial charge in [-0.15, -0.1) is 0 Å². The Hall–Kier alpha value is -1.43. The van der Waals surface area contributed by atoms with Crippen LogP contribution >= 0.6 is 0 Å². The highest BCUT2D eigenvalue weighted by Gasteiger charge is 2.25. The fourth-order valence-electron chi connectivity index (χ4n) is 1.55. The Bertz CT molecular complexity index is 387. The first-order valence-electron chi connectivity index (χ1n) is 5.21. The molecule has 0 saturated carbocycles. The topological polar surface area (TPSA) is 53.3 Å². The van der Waals surface area contributed by atoms with E-state index >= 15 is 0 Å². The van der Waals surface area contributed by atoms with Crippen LogP contribution in [0.5, 0.6) is 0 Å². The largest absolute Gasteiger partial charge is 0.461 e. The Kier molecular flexibility index (Phi) is 3.19. The van der Waals surface area contributed by atoms with Crippen LogP contribution in [0.4, 0.5) is 4.39 Å². The number of hydrogen-bond acceptors (Lipinski definition) is 4. The van der Waals surface area contributed by atoms with Gasteiger partial charge in [0.05, 0.1) is 25.6 Å². The SMILES string of the molecule is CCOC(=O)c1c(F)ncn1C[C@@H]1CCO1. The van der Waals surface area contributed by atoms with Gasteiger partial charge in [0.1, 0.15) is 0 Å². The second-order valence-corrected chi connectivity index (χ2v) is 3.54. The maximum Gasteiger partial charge on any atom is 0.359 e. The van der Waals surface area contributed by atoms with Crippen molar-refractivity contribution in [2.75, 3.05) is 13.2 Å². The first kappa shape index (κ1) is 11.1. The minimum atomic E-state index is -0.794. The average molecular weight is 228 g/mol. The summed E-state index contributed by atoms with van der Waals surface area (Å²) in [5.41, 5.74) is -0.127. The number of nitrogens with zero attached hydrogens (tertiary/aromatic N) is 2. The van der Waals surface area contributed by atoms with Gasteiger partial charge in [-0.3, -0.25) is 0 Å². The maximum atomic E-state index is 13.3. The molecule has 0 radical (unpaired) electrons. The third kappa shape index (κ3) is 2.06. The van der Waals surface area contributed by atoms with Crippen molar-refractivity contribution in [2.24, 2.45) is 0 Å². The fraction of sp³-hybridized carbons (Fsp3) is 0.600. The highest BCUT2D eigenvalue weighted by molar-refractivity contribution is 5.87. The van der Waals surface area contributed by atoms with Gasteiger partial charge in [0.2, 0.25) is 5.95 Å². The molecule has 1 saturated heterocycles. The normalized spacial score (nSPS) is 19.2. The molecule has 0 amide bonds. The van der Waals surface area contributed by atoms with Crippen LogP contribution < -0.4 is 0 Å². The number of carbonyl (C=O) groups is 1. The molecule has 1 aliphatic heterocycles. The monoisotopic (exact) mass is 228 g/mol. The Morgan fingerprint density at radius 2 is 2.56 bits per heavy atom. The van der Waals surface area contributed by atoms with Crippen LogP contribution in [-0.2, 0) is 16.0 Å². The molecule has 16 heavy (non-hydrogen) atoms. The Balaban J connectivity index is 2.14. The van der Waals surface area contributed by atoms with Gasteiger partial charge in [0, 0.05) is 6.61 Å². The molecular formula is C10H13FN2O3. The summed E-state index contributed by atoms with van der Waals surface area (Å²) in [5.74, 6) is -1.48. The molecule has 0 bridgehead atoms. The minimum absolute atomic E-state index is 0.0433. The van der Waals surface area contributed by atoms with E-state index in [-0.39, 0.29) is 18.4 Å². The maximum absolute atomic E-state index is 13.3. The molecule has 1 aliphatic rings. The lowest BCUT2D eigenvalue weighted by atomic mass is 10.2. The zero-order valence-electron chi connectivity index (χ0n) is 8.98. The number of esters is 1. The molecule has 6 heteroatoms. The molecule has 0 unspecified atom stereocenters. The van der Waals surface area contributed by atoms with Crippen molar-refractivity contribution < 1.29 is 18.7 Å². The molecule has 1 aromatic heterocycles. The molecule has 0 N–H and O–H groups in total. The summed E-state index contributed by atoms with van der Waals surface area (Å²) in [5, 5.41) is 0. The molecule has 88 valence electrons. The molecule has 2 rings (SSSR count). The molecule has 1 fully saturated rings. The lowest BCUT2D eigenvalue weighted by molar-refractivity contribution is -0.0596. The summed E-state index contributed by atoms with van der Waals surface area (Å²) in [6.07, 6.45) is 2.26. The predicted octanol–water partition coefficient (Wildman–Crippen LogP) is 0.988. The lowest BCUT2D eigenvalue weighted by Crippen LogP contribution is -2.32. The second-order valence-electron chi connectivity index (χ2n) is 3.54. The van der Waals surface area contributed by atoms with Crippen molar-refractivity contribution >= 4 is 5.97 Å². The summed E-state index contributed by atoms with van der Waals surface area (Å²) in [4.78, 5) is 14.9. The molecule has 0 aliphatic carbocycles. The van der Waals surface area contributed by atoms with Crippen molar-refractivity contribution in [1.82, 2.24) is 9.55 Å². The van der Waals surface area contributed by atoms with E-state index in [0.717, 1.165) is 13.0 Å². The second kappa shape index (κ2) is 4.61. The first-order valence-corrected chi connectivity index (χ1v) is 5.21. The molecular weight excluding hydrogens is 215 g/mol. The first-order chi connectivity index (χ1) is 7.72. The number of aromatic nitrogens is 2.